The molecule has 0 aromatic rings. The minimum absolute atomic E-state index is 0.200. The SMILES string of the molecule is COC(=O)Cc1ccc2cccccc1-2. The minimum Gasteiger partial charge on any atom is -0.469 e. The van der Waals surface area contributed by atoms with E-state index in [1.807, 2.05) is 42.5 Å². The zero-order valence-electron chi connectivity index (χ0n) is 8.57. The molecule has 0 bridgehead atoms. The lowest BCUT2D eigenvalue weighted by Gasteiger charge is -2.00. The number of hydrogen-bond acceptors (Lipinski definition) is 2. The van der Waals surface area contributed by atoms with Crippen molar-refractivity contribution >= 4 is 5.97 Å². The van der Waals surface area contributed by atoms with Crippen molar-refractivity contribution in [3.8, 4) is 11.1 Å². The number of esters is 1. The highest BCUT2D eigenvalue weighted by molar-refractivity contribution is 5.79. The van der Waals surface area contributed by atoms with Gasteiger partial charge in [0.15, 0.2) is 0 Å². The summed E-state index contributed by atoms with van der Waals surface area (Å²) in [5.41, 5.74) is 3.29. The molecule has 0 spiro atoms. The van der Waals surface area contributed by atoms with Crippen molar-refractivity contribution in [2.24, 2.45) is 0 Å². The van der Waals surface area contributed by atoms with Crippen molar-refractivity contribution in [2.45, 2.75) is 6.42 Å². The number of hydrogen-bond donors (Lipinski definition) is 0. The van der Waals surface area contributed by atoms with Crippen LogP contribution in [0.2, 0.25) is 0 Å². The van der Waals surface area contributed by atoms with Crippen LogP contribution >= 0.6 is 0 Å². The third-order valence-corrected chi connectivity index (χ3v) is 2.44. The molecule has 0 saturated heterocycles. The van der Waals surface area contributed by atoms with Gasteiger partial charge in [0.05, 0.1) is 13.5 Å². The molecular weight excluding hydrogens is 188 g/mol. The Balaban J connectivity index is 2.36. The molecule has 2 aliphatic rings. The van der Waals surface area contributed by atoms with Gasteiger partial charge in [-0.25, -0.2) is 0 Å². The molecular formula is C13H12O2. The van der Waals surface area contributed by atoms with Gasteiger partial charge in [-0.1, -0.05) is 42.5 Å². The summed E-state index contributed by atoms with van der Waals surface area (Å²) in [6.07, 6.45) is 0.337. The molecule has 0 aliphatic heterocycles. The summed E-state index contributed by atoms with van der Waals surface area (Å²) in [5, 5.41) is 0. The van der Waals surface area contributed by atoms with E-state index in [2.05, 4.69) is 4.74 Å². The zero-order valence-corrected chi connectivity index (χ0v) is 8.57. The van der Waals surface area contributed by atoms with Gasteiger partial charge in [-0.2, -0.15) is 0 Å². The molecule has 0 heterocycles. The number of carbonyl (C=O) groups excluding carboxylic acids is 1. The molecule has 0 radical (unpaired) electrons. The first-order valence-electron chi connectivity index (χ1n) is 4.84. The lowest BCUT2D eigenvalue weighted by atomic mass is 10.1. The summed E-state index contributed by atoms with van der Waals surface area (Å²) in [4.78, 5) is 11.2. The Morgan fingerprint density at radius 3 is 2.73 bits per heavy atom. The largest absolute Gasteiger partial charge is 0.469 e. The van der Waals surface area contributed by atoms with E-state index in [-0.39, 0.29) is 5.97 Å². The molecule has 0 unspecified atom stereocenters. The molecule has 2 heteroatoms. The van der Waals surface area contributed by atoms with E-state index in [1.165, 1.54) is 7.11 Å². The van der Waals surface area contributed by atoms with Crippen molar-refractivity contribution in [3.63, 3.8) is 0 Å². The number of ether oxygens (including phenoxy) is 1. The van der Waals surface area contributed by atoms with Crippen molar-refractivity contribution in [1.82, 2.24) is 0 Å². The molecule has 0 amide bonds. The quantitative estimate of drug-likeness (QED) is 0.696. The average molecular weight is 200 g/mol. The zero-order chi connectivity index (χ0) is 10.7. The molecule has 2 nitrogen and oxygen atoms in total. The standard InChI is InChI=1S/C13H12O2/c1-15-13(14)9-11-8-7-10-5-3-2-4-6-12(10)11/h2-8H,9H2,1H3. The van der Waals surface area contributed by atoms with E-state index in [1.54, 1.807) is 0 Å². The van der Waals surface area contributed by atoms with Gasteiger partial charge in [0.1, 0.15) is 0 Å². The lowest BCUT2D eigenvalue weighted by molar-refractivity contribution is -0.139. The highest BCUT2D eigenvalue weighted by Gasteiger charge is 2.10. The van der Waals surface area contributed by atoms with Crippen LogP contribution in [0.4, 0.5) is 0 Å². The van der Waals surface area contributed by atoms with Crippen LogP contribution in [-0.2, 0) is 16.0 Å². The average Bonchev–Trinajstić information content (AvgIpc) is 2.50. The maximum Gasteiger partial charge on any atom is 0.309 e. The predicted octanol–water partition coefficient (Wildman–Crippen LogP) is 2.51. The van der Waals surface area contributed by atoms with Gasteiger partial charge in [0, 0.05) is 0 Å². The highest BCUT2D eigenvalue weighted by atomic mass is 16.5. The Labute approximate surface area is 88.8 Å². The topological polar surface area (TPSA) is 26.3 Å². The van der Waals surface area contributed by atoms with Crippen LogP contribution in [0.15, 0.2) is 42.5 Å². The Hall–Kier alpha value is -1.83. The van der Waals surface area contributed by atoms with Crippen molar-refractivity contribution in [2.75, 3.05) is 7.11 Å². The van der Waals surface area contributed by atoms with Crippen LogP contribution in [0, 0.1) is 0 Å². The number of carbonyl (C=O) groups is 1. The predicted molar refractivity (Wildman–Crippen MR) is 58.8 cm³/mol. The summed E-state index contributed by atoms with van der Waals surface area (Å²) in [6.45, 7) is 0. The Kier molecular flexibility index (Phi) is 2.68. The second-order valence-electron chi connectivity index (χ2n) is 3.39. The number of rotatable bonds is 2. The molecule has 0 aromatic heterocycles. The first kappa shape index (κ1) is 9.71. The van der Waals surface area contributed by atoms with Gasteiger partial charge in [0.25, 0.3) is 0 Å². The fourth-order valence-corrected chi connectivity index (χ4v) is 1.66. The van der Waals surface area contributed by atoms with Crippen molar-refractivity contribution < 1.29 is 9.53 Å². The molecule has 0 saturated carbocycles. The first-order chi connectivity index (χ1) is 7.31. The lowest BCUT2D eigenvalue weighted by Crippen LogP contribution is -2.03. The van der Waals surface area contributed by atoms with Crippen LogP contribution in [0.5, 0.6) is 0 Å². The molecule has 0 atom stereocenters. The third-order valence-electron chi connectivity index (χ3n) is 2.44. The molecule has 2 aliphatic carbocycles. The van der Waals surface area contributed by atoms with E-state index in [4.69, 9.17) is 0 Å². The molecule has 76 valence electrons. The van der Waals surface area contributed by atoms with Crippen LogP contribution in [-0.4, -0.2) is 13.1 Å². The van der Waals surface area contributed by atoms with E-state index in [9.17, 15) is 4.79 Å². The van der Waals surface area contributed by atoms with Gasteiger partial charge in [-0.05, 0) is 16.7 Å². The Bertz CT molecular complexity index is 448. The molecule has 0 fully saturated rings. The number of fused-ring (bicyclic) bond motifs is 1. The summed E-state index contributed by atoms with van der Waals surface area (Å²) >= 11 is 0. The molecule has 2 rings (SSSR count). The molecule has 15 heavy (non-hydrogen) atoms. The van der Waals surface area contributed by atoms with Gasteiger partial charge in [-0.3, -0.25) is 4.79 Å². The van der Waals surface area contributed by atoms with E-state index in [0.29, 0.717) is 6.42 Å². The smallest absolute Gasteiger partial charge is 0.309 e. The molecule has 0 N–H and O–H groups in total. The van der Waals surface area contributed by atoms with Gasteiger partial charge in [0.2, 0.25) is 0 Å². The van der Waals surface area contributed by atoms with Crippen molar-refractivity contribution in [1.29, 1.82) is 0 Å². The summed E-state index contributed by atoms with van der Waals surface area (Å²) < 4.78 is 4.66. The third kappa shape index (κ3) is 1.99. The highest BCUT2D eigenvalue weighted by Crippen LogP contribution is 2.27. The maximum atomic E-state index is 11.2. The summed E-state index contributed by atoms with van der Waals surface area (Å²) in [5.74, 6) is -0.200. The van der Waals surface area contributed by atoms with Crippen molar-refractivity contribution in [3.05, 3.63) is 48.0 Å². The van der Waals surface area contributed by atoms with Gasteiger partial charge in [-0.15, -0.1) is 0 Å². The second kappa shape index (κ2) is 4.13. The van der Waals surface area contributed by atoms with Gasteiger partial charge < -0.3 is 4.74 Å². The van der Waals surface area contributed by atoms with Crippen LogP contribution in [0.1, 0.15) is 5.56 Å². The van der Waals surface area contributed by atoms with E-state index < -0.39 is 0 Å². The molecule has 0 aromatic carbocycles. The number of methoxy groups -OCH3 is 1. The van der Waals surface area contributed by atoms with Crippen LogP contribution < -0.4 is 0 Å². The maximum absolute atomic E-state index is 11.2. The fraction of sp³-hybridized carbons (Fsp3) is 0.154. The Morgan fingerprint density at radius 2 is 1.93 bits per heavy atom. The van der Waals surface area contributed by atoms with E-state index in [0.717, 1.165) is 16.7 Å². The summed E-state index contributed by atoms with van der Waals surface area (Å²) in [6, 6.07) is 14.0. The monoisotopic (exact) mass is 200 g/mol. The van der Waals surface area contributed by atoms with E-state index >= 15 is 0 Å². The normalized spacial score (nSPS) is 10.2. The minimum atomic E-state index is -0.200. The Morgan fingerprint density at radius 1 is 1.13 bits per heavy atom. The van der Waals surface area contributed by atoms with Crippen LogP contribution in [0.3, 0.4) is 0 Å². The van der Waals surface area contributed by atoms with Crippen LogP contribution in [0.25, 0.3) is 11.1 Å². The summed E-state index contributed by atoms with van der Waals surface area (Å²) in [7, 11) is 1.41. The second-order valence-corrected chi connectivity index (χ2v) is 3.39. The van der Waals surface area contributed by atoms with Gasteiger partial charge >= 0.3 is 5.97 Å². The first-order valence-corrected chi connectivity index (χ1v) is 4.84. The fourth-order valence-electron chi connectivity index (χ4n) is 1.66.